The lowest BCUT2D eigenvalue weighted by atomic mass is 10.2. The second kappa shape index (κ2) is 4.87. The third-order valence-electron chi connectivity index (χ3n) is 2.59. The lowest BCUT2D eigenvalue weighted by Crippen LogP contribution is -2.24. The van der Waals surface area contributed by atoms with Crippen LogP contribution in [0.25, 0.3) is 5.69 Å². The summed E-state index contributed by atoms with van der Waals surface area (Å²) >= 11 is 0. The van der Waals surface area contributed by atoms with Gasteiger partial charge in [0, 0.05) is 7.05 Å². The highest BCUT2D eigenvalue weighted by molar-refractivity contribution is 5.52. The van der Waals surface area contributed by atoms with Gasteiger partial charge in [-0.1, -0.05) is 12.1 Å². The molecule has 6 heteroatoms. The highest BCUT2D eigenvalue weighted by atomic mass is 16.5. The largest absolute Gasteiger partial charge is 0.495 e. The van der Waals surface area contributed by atoms with E-state index < -0.39 is 5.69 Å². The zero-order valence-corrected chi connectivity index (χ0v) is 10.5. The molecule has 0 unspecified atom stereocenters. The van der Waals surface area contributed by atoms with Crippen molar-refractivity contribution in [3.63, 3.8) is 0 Å². The summed E-state index contributed by atoms with van der Waals surface area (Å²) in [7, 11) is 3.22. The van der Waals surface area contributed by atoms with E-state index in [4.69, 9.17) is 4.74 Å². The average molecular weight is 246 g/mol. The molecule has 0 saturated heterocycles. The summed E-state index contributed by atoms with van der Waals surface area (Å²) in [4.78, 5) is 19.8. The van der Waals surface area contributed by atoms with Gasteiger partial charge in [-0.05, 0) is 18.6 Å². The molecule has 1 heterocycles. The van der Waals surface area contributed by atoms with Crippen LogP contribution >= 0.6 is 0 Å². The monoisotopic (exact) mass is 246 g/mol. The van der Waals surface area contributed by atoms with Gasteiger partial charge in [0.25, 0.3) is 0 Å². The number of nitrogens with one attached hydrogen (secondary N) is 1. The Hall–Kier alpha value is -2.37. The van der Waals surface area contributed by atoms with Crippen LogP contribution in [0.5, 0.6) is 5.75 Å². The second-order valence-corrected chi connectivity index (χ2v) is 3.71. The molecule has 0 radical (unpaired) electrons. The number of nitrogens with zero attached hydrogens (tertiary/aromatic N) is 3. The van der Waals surface area contributed by atoms with Gasteiger partial charge in [-0.25, -0.2) is 14.3 Å². The standard InChI is InChI=1S/C12H14N4O2/c1-8-5-4-6-9(18-3)10(8)16-7-14-11(13-2)15-12(16)17/h4-7H,1-3H3,(H,13,15,17). The molecule has 0 spiro atoms. The van der Waals surface area contributed by atoms with E-state index in [1.54, 1.807) is 20.2 Å². The Labute approximate surface area is 104 Å². The third-order valence-corrected chi connectivity index (χ3v) is 2.59. The number of rotatable bonds is 3. The smallest absolute Gasteiger partial charge is 0.356 e. The summed E-state index contributed by atoms with van der Waals surface area (Å²) < 4.78 is 6.63. The predicted molar refractivity (Wildman–Crippen MR) is 68.5 cm³/mol. The van der Waals surface area contributed by atoms with Gasteiger partial charge >= 0.3 is 5.69 Å². The molecule has 2 rings (SSSR count). The molecule has 94 valence electrons. The summed E-state index contributed by atoms with van der Waals surface area (Å²) in [5.41, 5.74) is 1.17. The average Bonchev–Trinajstić information content (AvgIpc) is 2.39. The van der Waals surface area contributed by atoms with Gasteiger partial charge in [0.2, 0.25) is 5.95 Å². The Morgan fingerprint density at radius 2 is 2.17 bits per heavy atom. The van der Waals surface area contributed by atoms with Crippen molar-refractivity contribution in [2.75, 3.05) is 19.5 Å². The highest BCUT2D eigenvalue weighted by Crippen LogP contribution is 2.24. The van der Waals surface area contributed by atoms with E-state index in [2.05, 4.69) is 15.3 Å². The van der Waals surface area contributed by atoms with Crippen LogP contribution in [0.4, 0.5) is 5.95 Å². The fraction of sp³-hybridized carbons (Fsp3) is 0.250. The minimum Gasteiger partial charge on any atom is -0.495 e. The number of aromatic nitrogens is 3. The number of hydrogen-bond donors (Lipinski definition) is 1. The topological polar surface area (TPSA) is 69.0 Å². The summed E-state index contributed by atoms with van der Waals surface area (Å²) in [5, 5.41) is 2.72. The fourth-order valence-electron chi connectivity index (χ4n) is 1.71. The summed E-state index contributed by atoms with van der Waals surface area (Å²) in [6, 6.07) is 5.56. The molecule has 0 aliphatic heterocycles. The Morgan fingerprint density at radius 3 is 2.78 bits per heavy atom. The Morgan fingerprint density at radius 1 is 1.39 bits per heavy atom. The lowest BCUT2D eigenvalue weighted by molar-refractivity contribution is 0.412. The minimum absolute atomic E-state index is 0.295. The molecule has 1 aromatic heterocycles. The van der Waals surface area contributed by atoms with Gasteiger partial charge in [-0.3, -0.25) is 0 Å². The number of methoxy groups -OCH3 is 1. The molecule has 0 aliphatic rings. The van der Waals surface area contributed by atoms with Crippen LogP contribution in [0.15, 0.2) is 29.3 Å². The molecule has 0 aliphatic carbocycles. The quantitative estimate of drug-likeness (QED) is 0.874. The van der Waals surface area contributed by atoms with E-state index in [-0.39, 0.29) is 0 Å². The molecule has 0 saturated carbocycles. The van der Waals surface area contributed by atoms with Gasteiger partial charge in [-0.2, -0.15) is 4.98 Å². The van der Waals surface area contributed by atoms with Crippen LogP contribution in [0.3, 0.4) is 0 Å². The van der Waals surface area contributed by atoms with E-state index in [9.17, 15) is 4.79 Å². The number of anilines is 1. The van der Waals surface area contributed by atoms with Crippen molar-refractivity contribution in [1.82, 2.24) is 14.5 Å². The zero-order valence-electron chi connectivity index (χ0n) is 10.5. The molecule has 1 N–H and O–H groups in total. The summed E-state index contributed by atoms with van der Waals surface area (Å²) in [5.74, 6) is 0.904. The van der Waals surface area contributed by atoms with Crippen LogP contribution < -0.4 is 15.7 Å². The van der Waals surface area contributed by atoms with E-state index in [1.165, 1.54) is 10.9 Å². The normalized spacial score (nSPS) is 10.2. The molecule has 0 fully saturated rings. The molecule has 0 atom stereocenters. The third kappa shape index (κ3) is 2.04. The van der Waals surface area contributed by atoms with Crippen molar-refractivity contribution in [2.45, 2.75) is 6.92 Å². The Balaban J connectivity index is 2.66. The molecular formula is C12H14N4O2. The van der Waals surface area contributed by atoms with Crippen molar-refractivity contribution in [1.29, 1.82) is 0 Å². The number of aryl methyl sites for hydroxylation is 1. The first kappa shape index (κ1) is 12.1. The number of hydrogen-bond acceptors (Lipinski definition) is 5. The van der Waals surface area contributed by atoms with Crippen molar-refractivity contribution in [3.8, 4) is 11.4 Å². The summed E-state index contributed by atoms with van der Waals surface area (Å²) in [6.45, 7) is 1.90. The maximum Gasteiger partial charge on any atom is 0.356 e. The first-order valence-corrected chi connectivity index (χ1v) is 5.44. The molecule has 0 bridgehead atoms. The highest BCUT2D eigenvalue weighted by Gasteiger charge is 2.11. The Kier molecular flexibility index (Phi) is 3.27. The first-order chi connectivity index (χ1) is 8.67. The van der Waals surface area contributed by atoms with Gasteiger partial charge < -0.3 is 10.1 Å². The SMILES string of the molecule is CNc1ncn(-c2c(C)cccc2OC)c(=O)n1. The van der Waals surface area contributed by atoms with Crippen LogP contribution in [-0.4, -0.2) is 28.7 Å². The van der Waals surface area contributed by atoms with Crippen LogP contribution in [0, 0.1) is 6.92 Å². The second-order valence-electron chi connectivity index (χ2n) is 3.71. The fourth-order valence-corrected chi connectivity index (χ4v) is 1.71. The van der Waals surface area contributed by atoms with Gasteiger partial charge in [0.15, 0.2) is 0 Å². The molecule has 6 nitrogen and oxygen atoms in total. The molecular weight excluding hydrogens is 232 g/mol. The van der Waals surface area contributed by atoms with Gasteiger partial charge in [0.1, 0.15) is 12.1 Å². The van der Waals surface area contributed by atoms with Crippen molar-refractivity contribution >= 4 is 5.95 Å². The van der Waals surface area contributed by atoms with Gasteiger partial charge in [0.05, 0.1) is 12.8 Å². The van der Waals surface area contributed by atoms with Crippen molar-refractivity contribution < 1.29 is 4.74 Å². The summed E-state index contributed by atoms with van der Waals surface area (Å²) in [6.07, 6.45) is 1.44. The molecule has 18 heavy (non-hydrogen) atoms. The van der Waals surface area contributed by atoms with E-state index >= 15 is 0 Å². The van der Waals surface area contributed by atoms with E-state index in [1.807, 2.05) is 19.1 Å². The van der Waals surface area contributed by atoms with Gasteiger partial charge in [-0.15, -0.1) is 0 Å². The van der Waals surface area contributed by atoms with E-state index in [0.29, 0.717) is 17.4 Å². The maximum atomic E-state index is 11.9. The Bertz CT molecular complexity index is 622. The van der Waals surface area contributed by atoms with Crippen molar-refractivity contribution in [3.05, 3.63) is 40.6 Å². The number of ether oxygens (including phenoxy) is 1. The zero-order chi connectivity index (χ0) is 13.1. The minimum atomic E-state index is -0.401. The molecule has 2 aromatic rings. The van der Waals surface area contributed by atoms with Crippen molar-refractivity contribution in [2.24, 2.45) is 0 Å². The predicted octanol–water partition coefficient (Wildman–Crippen LogP) is 0.986. The maximum absolute atomic E-state index is 11.9. The van der Waals surface area contributed by atoms with Crippen LogP contribution in [0.1, 0.15) is 5.56 Å². The molecule has 0 amide bonds. The number of para-hydroxylation sites is 1. The number of benzene rings is 1. The molecule has 1 aromatic carbocycles. The first-order valence-electron chi connectivity index (χ1n) is 5.44. The van der Waals surface area contributed by atoms with Crippen LogP contribution in [0.2, 0.25) is 0 Å². The van der Waals surface area contributed by atoms with Crippen LogP contribution in [-0.2, 0) is 0 Å². The van der Waals surface area contributed by atoms with E-state index in [0.717, 1.165) is 5.56 Å². The lowest BCUT2D eigenvalue weighted by Gasteiger charge is -2.12.